The van der Waals surface area contributed by atoms with Gasteiger partial charge in [-0.2, -0.15) is 0 Å². The number of nitrogens with zero attached hydrogens (tertiary/aromatic N) is 1. The van der Waals surface area contributed by atoms with Crippen LogP contribution in [0.25, 0.3) is 0 Å². The summed E-state index contributed by atoms with van der Waals surface area (Å²) in [5.41, 5.74) is 0. The lowest BCUT2D eigenvalue weighted by molar-refractivity contribution is 0.210. The molecule has 0 spiro atoms. The molecule has 0 bridgehead atoms. The first-order valence-corrected chi connectivity index (χ1v) is 7.38. The van der Waals surface area contributed by atoms with Crippen molar-refractivity contribution in [1.29, 1.82) is 0 Å². The summed E-state index contributed by atoms with van der Waals surface area (Å²) in [6, 6.07) is 0.713. The lowest BCUT2D eigenvalue weighted by Crippen LogP contribution is -2.33. The molecule has 2 unspecified atom stereocenters. The second-order valence-corrected chi connectivity index (χ2v) is 6.04. The Morgan fingerprint density at radius 1 is 1.12 bits per heavy atom. The maximum Gasteiger partial charge on any atom is 0.00644 e. The van der Waals surface area contributed by atoms with Crippen LogP contribution in [0, 0.1) is 11.8 Å². The SMILES string of the molecule is CCC(C)CN(C)C(C)CCCNCC(C)C. The van der Waals surface area contributed by atoms with E-state index in [0.717, 1.165) is 18.4 Å². The minimum atomic E-state index is 0.713. The quantitative estimate of drug-likeness (QED) is 0.591. The van der Waals surface area contributed by atoms with Crippen LogP contribution in [0.15, 0.2) is 0 Å². The van der Waals surface area contributed by atoms with Crippen molar-refractivity contribution in [3.63, 3.8) is 0 Å². The van der Waals surface area contributed by atoms with Crippen LogP contribution in [-0.4, -0.2) is 37.6 Å². The Labute approximate surface area is 109 Å². The fourth-order valence-electron chi connectivity index (χ4n) is 1.93. The van der Waals surface area contributed by atoms with Crippen molar-refractivity contribution < 1.29 is 0 Å². The summed E-state index contributed by atoms with van der Waals surface area (Å²) in [4.78, 5) is 2.51. The fourth-order valence-corrected chi connectivity index (χ4v) is 1.93. The Hall–Kier alpha value is -0.0800. The molecule has 2 heteroatoms. The number of hydrogen-bond acceptors (Lipinski definition) is 2. The van der Waals surface area contributed by atoms with Gasteiger partial charge in [0.1, 0.15) is 0 Å². The summed E-state index contributed by atoms with van der Waals surface area (Å²) in [6.45, 7) is 15.0. The Balaban J connectivity index is 3.53. The Bertz CT molecular complexity index is 168. The molecule has 0 saturated carbocycles. The zero-order chi connectivity index (χ0) is 13.3. The predicted octanol–water partition coefficient (Wildman–Crippen LogP) is 3.38. The van der Waals surface area contributed by atoms with E-state index in [1.54, 1.807) is 0 Å². The number of rotatable bonds is 10. The van der Waals surface area contributed by atoms with Gasteiger partial charge in [0.05, 0.1) is 0 Å². The van der Waals surface area contributed by atoms with E-state index in [4.69, 9.17) is 0 Å². The van der Waals surface area contributed by atoms with Gasteiger partial charge < -0.3 is 10.2 Å². The van der Waals surface area contributed by atoms with E-state index in [-0.39, 0.29) is 0 Å². The van der Waals surface area contributed by atoms with E-state index in [9.17, 15) is 0 Å². The minimum absolute atomic E-state index is 0.713. The van der Waals surface area contributed by atoms with Crippen molar-refractivity contribution in [2.24, 2.45) is 11.8 Å². The van der Waals surface area contributed by atoms with Gasteiger partial charge in [0.2, 0.25) is 0 Å². The lowest BCUT2D eigenvalue weighted by atomic mass is 10.1. The summed E-state index contributed by atoms with van der Waals surface area (Å²) >= 11 is 0. The molecular weight excluding hydrogens is 208 g/mol. The van der Waals surface area contributed by atoms with Crippen LogP contribution in [0.4, 0.5) is 0 Å². The molecule has 17 heavy (non-hydrogen) atoms. The van der Waals surface area contributed by atoms with Gasteiger partial charge in [0.15, 0.2) is 0 Å². The molecule has 0 aliphatic heterocycles. The van der Waals surface area contributed by atoms with E-state index in [1.165, 1.54) is 32.4 Å². The largest absolute Gasteiger partial charge is 0.316 e. The molecule has 0 aromatic carbocycles. The highest BCUT2D eigenvalue weighted by molar-refractivity contribution is 4.66. The van der Waals surface area contributed by atoms with E-state index in [2.05, 4.69) is 51.9 Å². The van der Waals surface area contributed by atoms with Gasteiger partial charge in [0, 0.05) is 12.6 Å². The molecule has 2 atom stereocenters. The molecule has 104 valence electrons. The average molecular weight is 242 g/mol. The Morgan fingerprint density at radius 2 is 1.76 bits per heavy atom. The van der Waals surface area contributed by atoms with Crippen LogP contribution in [0.2, 0.25) is 0 Å². The summed E-state index contributed by atoms with van der Waals surface area (Å²) in [7, 11) is 2.26. The van der Waals surface area contributed by atoms with E-state index < -0.39 is 0 Å². The zero-order valence-corrected chi connectivity index (χ0v) is 12.9. The maximum absolute atomic E-state index is 3.51. The zero-order valence-electron chi connectivity index (χ0n) is 12.9. The highest BCUT2D eigenvalue weighted by Crippen LogP contribution is 2.09. The molecular formula is C15H34N2. The highest BCUT2D eigenvalue weighted by Gasteiger charge is 2.11. The molecule has 2 nitrogen and oxygen atoms in total. The minimum Gasteiger partial charge on any atom is -0.316 e. The average Bonchev–Trinajstić information content (AvgIpc) is 2.27. The second-order valence-electron chi connectivity index (χ2n) is 6.04. The first-order valence-electron chi connectivity index (χ1n) is 7.38. The van der Waals surface area contributed by atoms with Gasteiger partial charge in [-0.15, -0.1) is 0 Å². The molecule has 0 aliphatic rings. The van der Waals surface area contributed by atoms with Crippen molar-refractivity contribution >= 4 is 0 Å². The summed E-state index contributed by atoms with van der Waals surface area (Å²) in [5, 5.41) is 3.51. The normalized spacial score (nSPS) is 15.5. The molecule has 0 rings (SSSR count). The molecule has 0 aromatic rings. The van der Waals surface area contributed by atoms with Gasteiger partial charge in [0.25, 0.3) is 0 Å². The van der Waals surface area contributed by atoms with Gasteiger partial charge in [-0.3, -0.25) is 0 Å². The first kappa shape index (κ1) is 16.9. The maximum atomic E-state index is 3.51. The summed E-state index contributed by atoms with van der Waals surface area (Å²) in [6.07, 6.45) is 3.88. The van der Waals surface area contributed by atoms with E-state index >= 15 is 0 Å². The monoisotopic (exact) mass is 242 g/mol. The highest BCUT2D eigenvalue weighted by atomic mass is 15.1. The molecule has 0 radical (unpaired) electrons. The first-order chi connectivity index (χ1) is 7.97. The number of hydrogen-bond donors (Lipinski definition) is 1. The van der Waals surface area contributed by atoms with Gasteiger partial charge >= 0.3 is 0 Å². The van der Waals surface area contributed by atoms with Gasteiger partial charge in [-0.25, -0.2) is 0 Å². The Kier molecular flexibility index (Phi) is 9.85. The van der Waals surface area contributed by atoms with Crippen LogP contribution in [0.3, 0.4) is 0 Å². The fraction of sp³-hybridized carbons (Fsp3) is 1.00. The van der Waals surface area contributed by atoms with Crippen molar-refractivity contribution in [2.45, 2.75) is 59.9 Å². The van der Waals surface area contributed by atoms with Crippen molar-refractivity contribution in [2.75, 3.05) is 26.7 Å². The third-order valence-corrected chi connectivity index (χ3v) is 3.58. The van der Waals surface area contributed by atoms with Crippen molar-refractivity contribution in [3.8, 4) is 0 Å². The smallest absolute Gasteiger partial charge is 0.00644 e. The summed E-state index contributed by atoms with van der Waals surface area (Å²) in [5.74, 6) is 1.59. The second kappa shape index (κ2) is 9.90. The predicted molar refractivity (Wildman–Crippen MR) is 78.5 cm³/mol. The standard InChI is InChI=1S/C15H34N2/c1-7-14(4)12-17(6)15(5)9-8-10-16-11-13(2)3/h13-16H,7-12H2,1-6H3. The Morgan fingerprint density at radius 3 is 2.29 bits per heavy atom. The van der Waals surface area contributed by atoms with Crippen LogP contribution in [0.1, 0.15) is 53.9 Å². The van der Waals surface area contributed by atoms with Crippen LogP contribution < -0.4 is 5.32 Å². The third-order valence-electron chi connectivity index (χ3n) is 3.58. The summed E-state index contributed by atoms with van der Waals surface area (Å²) < 4.78 is 0. The lowest BCUT2D eigenvalue weighted by Gasteiger charge is -2.27. The third kappa shape index (κ3) is 9.61. The molecule has 0 aromatic heterocycles. The molecule has 0 saturated heterocycles. The van der Waals surface area contributed by atoms with E-state index in [1.807, 2.05) is 0 Å². The topological polar surface area (TPSA) is 15.3 Å². The molecule has 0 heterocycles. The van der Waals surface area contributed by atoms with Crippen molar-refractivity contribution in [1.82, 2.24) is 10.2 Å². The molecule has 0 aliphatic carbocycles. The van der Waals surface area contributed by atoms with Gasteiger partial charge in [-0.1, -0.05) is 34.1 Å². The molecule has 1 N–H and O–H groups in total. The van der Waals surface area contributed by atoms with Gasteiger partial charge in [-0.05, 0) is 51.7 Å². The van der Waals surface area contributed by atoms with Crippen molar-refractivity contribution in [3.05, 3.63) is 0 Å². The van der Waals surface area contributed by atoms with Crippen LogP contribution in [0.5, 0.6) is 0 Å². The van der Waals surface area contributed by atoms with Crippen LogP contribution in [-0.2, 0) is 0 Å². The van der Waals surface area contributed by atoms with E-state index in [0.29, 0.717) is 6.04 Å². The van der Waals surface area contributed by atoms with Crippen LogP contribution >= 0.6 is 0 Å². The molecule has 0 amide bonds. The number of nitrogens with one attached hydrogen (secondary N) is 1. The molecule has 0 fully saturated rings.